The smallest absolute Gasteiger partial charge is 0.228 e. The number of aliphatic hydroxyl groups excluding tert-OH is 1. The number of aromatic nitrogens is 6. The summed E-state index contributed by atoms with van der Waals surface area (Å²) in [6.45, 7) is 1.95. The van der Waals surface area contributed by atoms with E-state index in [1.807, 2.05) is 18.2 Å². The van der Waals surface area contributed by atoms with Crippen LogP contribution in [0.4, 0.5) is 5.95 Å². The van der Waals surface area contributed by atoms with Crippen LogP contribution in [-0.4, -0.2) is 54.7 Å². The van der Waals surface area contributed by atoms with Crippen LogP contribution in [0.5, 0.6) is 0 Å². The predicted molar refractivity (Wildman–Crippen MR) is 98.8 cm³/mol. The summed E-state index contributed by atoms with van der Waals surface area (Å²) in [5.74, 6) is 1.07. The van der Waals surface area contributed by atoms with Crippen molar-refractivity contribution in [2.24, 2.45) is 5.92 Å². The number of piperidine rings is 1. The first-order valence-corrected chi connectivity index (χ1v) is 8.82. The number of anilines is 1. The summed E-state index contributed by atoms with van der Waals surface area (Å²) in [4.78, 5) is 26.6. The number of aliphatic hydroxyl groups is 1. The number of hydrogen-bond acceptors (Lipinski definition) is 6. The van der Waals surface area contributed by atoms with Crippen molar-refractivity contribution in [3.63, 3.8) is 0 Å². The lowest BCUT2D eigenvalue weighted by Crippen LogP contribution is -2.35. The van der Waals surface area contributed by atoms with Crippen LogP contribution >= 0.6 is 0 Å². The molecule has 3 N–H and O–H groups in total. The molecule has 0 unspecified atom stereocenters. The average Bonchev–Trinajstić information content (AvgIpc) is 3.35. The molecule has 1 aliphatic heterocycles. The van der Waals surface area contributed by atoms with Crippen molar-refractivity contribution in [3.8, 4) is 11.3 Å². The Hall–Kier alpha value is -3.00. The molecule has 0 spiro atoms. The van der Waals surface area contributed by atoms with Gasteiger partial charge in [0.25, 0.3) is 0 Å². The summed E-state index contributed by atoms with van der Waals surface area (Å²) in [6.07, 6.45) is 5.25. The first-order chi connectivity index (χ1) is 12.8. The lowest BCUT2D eigenvalue weighted by Gasteiger charge is -2.31. The monoisotopic (exact) mass is 349 g/mol. The van der Waals surface area contributed by atoms with Gasteiger partial charge in [-0.25, -0.2) is 15.0 Å². The van der Waals surface area contributed by atoms with Crippen molar-refractivity contribution in [1.29, 1.82) is 0 Å². The predicted octanol–water partition coefficient (Wildman–Crippen LogP) is 2.10. The maximum absolute atomic E-state index is 9.35. The van der Waals surface area contributed by atoms with Gasteiger partial charge < -0.3 is 20.0 Å². The van der Waals surface area contributed by atoms with Crippen LogP contribution in [0.1, 0.15) is 12.8 Å². The molecule has 26 heavy (non-hydrogen) atoms. The standard InChI is InChI=1S/C18H19N7O/c26-8-11-3-5-25(6-4-11)18-23-15(16-17(24-18)22-10-21-16)12-1-2-13-14(7-12)20-9-19-13/h1-2,7,9-11,26H,3-6,8H2,(H,19,20)(H,21,22,23,24). The van der Waals surface area contributed by atoms with Gasteiger partial charge in [-0.05, 0) is 30.9 Å². The molecule has 8 heteroatoms. The van der Waals surface area contributed by atoms with E-state index in [1.54, 1.807) is 12.7 Å². The molecular weight excluding hydrogens is 330 g/mol. The third kappa shape index (κ3) is 2.50. The average molecular weight is 349 g/mol. The zero-order chi connectivity index (χ0) is 17.5. The van der Waals surface area contributed by atoms with Crippen LogP contribution in [-0.2, 0) is 0 Å². The van der Waals surface area contributed by atoms with Crippen molar-refractivity contribution >= 4 is 28.1 Å². The number of imidazole rings is 2. The Bertz CT molecular complexity index is 1060. The van der Waals surface area contributed by atoms with E-state index in [-0.39, 0.29) is 6.61 Å². The minimum Gasteiger partial charge on any atom is -0.396 e. The first-order valence-electron chi connectivity index (χ1n) is 8.82. The third-order valence-electron chi connectivity index (χ3n) is 5.12. The van der Waals surface area contributed by atoms with Gasteiger partial charge in [-0.15, -0.1) is 0 Å². The van der Waals surface area contributed by atoms with E-state index in [0.717, 1.165) is 53.7 Å². The van der Waals surface area contributed by atoms with E-state index in [4.69, 9.17) is 4.98 Å². The largest absolute Gasteiger partial charge is 0.396 e. The number of fused-ring (bicyclic) bond motifs is 2. The van der Waals surface area contributed by atoms with Crippen LogP contribution in [0.3, 0.4) is 0 Å². The van der Waals surface area contributed by atoms with Crippen LogP contribution in [0.25, 0.3) is 33.5 Å². The molecule has 0 bridgehead atoms. The number of nitrogens with one attached hydrogen (secondary N) is 2. The molecule has 1 aromatic carbocycles. The fraction of sp³-hybridized carbons (Fsp3) is 0.333. The van der Waals surface area contributed by atoms with Crippen LogP contribution in [0, 0.1) is 5.92 Å². The molecular formula is C18H19N7O. The highest BCUT2D eigenvalue weighted by Gasteiger charge is 2.22. The van der Waals surface area contributed by atoms with Crippen molar-refractivity contribution in [2.75, 3.05) is 24.6 Å². The Kier molecular flexibility index (Phi) is 3.56. The summed E-state index contributed by atoms with van der Waals surface area (Å²) in [7, 11) is 0. The molecule has 1 fully saturated rings. The Balaban J connectivity index is 1.59. The number of nitrogens with zero attached hydrogens (tertiary/aromatic N) is 5. The maximum atomic E-state index is 9.35. The highest BCUT2D eigenvalue weighted by molar-refractivity contribution is 5.91. The van der Waals surface area contributed by atoms with Gasteiger partial charge >= 0.3 is 0 Å². The number of rotatable bonds is 3. The van der Waals surface area contributed by atoms with Gasteiger partial charge in [-0.2, -0.15) is 4.98 Å². The summed E-state index contributed by atoms with van der Waals surface area (Å²) >= 11 is 0. The van der Waals surface area contributed by atoms with Gasteiger partial charge in [0.2, 0.25) is 5.95 Å². The first kappa shape index (κ1) is 15.3. The second kappa shape index (κ2) is 6.06. The van der Waals surface area contributed by atoms with E-state index < -0.39 is 0 Å². The van der Waals surface area contributed by atoms with Gasteiger partial charge in [0.05, 0.1) is 23.7 Å². The lowest BCUT2D eigenvalue weighted by atomic mass is 9.98. The van der Waals surface area contributed by atoms with E-state index >= 15 is 0 Å². The fourth-order valence-corrected chi connectivity index (χ4v) is 3.57. The summed E-state index contributed by atoms with van der Waals surface area (Å²) in [6, 6.07) is 6.05. The quantitative estimate of drug-likeness (QED) is 0.523. The van der Waals surface area contributed by atoms with Crippen LogP contribution in [0.15, 0.2) is 30.9 Å². The second-order valence-corrected chi connectivity index (χ2v) is 6.72. The van der Waals surface area contributed by atoms with Gasteiger partial charge in [0.1, 0.15) is 11.2 Å². The highest BCUT2D eigenvalue weighted by atomic mass is 16.3. The molecule has 0 aliphatic carbocycles. The van der Waals surface area contributed by atoms with E-state index in [0.29, 0.717) is 17.5 Å². The summed E-state index contributed by atoms with van der Waals surface area (Å²) < 4.78 is 0. The molecule has 1 aliphatic rings. The molecule has 3 aromatic heterocycles. The fourth-order valence-electron chi connectivity index (χ4n) is 3.57. The third-order valence-corrected chi connectivity index (χ3v) is 5.12. The lowest BCUT2D eigenvalue weighted by molar-refractivity contribution is 0.202. The minimum absolute atomic E-state index is 0.253. The maximum Gasteiger partial charge on any atom is 0.228 e. The molecule has 1 saturated heterocycles. The normalized spacial score (nSPS) is 16.0. The van der Waals surface area contributed by atoms with Gasteiger partial charge in [-0.1, -0.05) is 6.07 Å². The Labute approximate surface area is 149 Å². The van der Waals surface area contributed by atoms with Crippen molar-refractivity contribution in [3.05, 3.63) is 30.9 Å². The molecule has 0 radical (unpaired) electrons. The van der Waals surface area contributed by atoms with E-state index in [1.165, 1.54) is 0 Å². The van der Waals surface area contributed by atoms with Crippen molar-refractivity contribution < 1.29 is 5.11 Å². The second-order valence-electron chi connectivity index (χ2n) is 6.72. The molecule has 0 amide bonds. The van der Waals surface area contributed by atoms with Gasteiger partial charge in [0.15, 0.2) is 5.65 Å². The summed E-state index contributed by atoms with van der Waals surface area (Å²) in [5, 5.41) is 9.35. The van der Waals surface area contributed by atoms with Gasteiger partial charge in [-0.3, -0.25) is 0 Å². The zero-order valence-corrected chi connectivity index (χ0v) is 14.2. The van der Waals surface area contributed by atoms with Gasteiger partial charge in [0, 0.05) is 25.3 Å². The van der Waals surface area contributed by atoms with E-state index in [9.17, 15) is 5.11 Å². The SMILES string of the molecule is OCC1CCN(c2nc(-c3ccc4nc[nH]c4c3)c3[nH]cnc3n2)CC1. The molecule has 4 heterocycles. The Morgan fingerprint density at radius 2 is 1.92 bits per heavy atom. The number of hydrogen-bond donors (Lipinski definition) is 3. The van der Waals surface area contributed by atoms with Crippen molar-refractivity contribution in [1.82, 2.24) is 29.9 Å². The minimum atomic E-state index is 0.253. The molecule has 132 valence electrons. The number of aromatic amines is 2. The van der Waals surface area contributed by atoms with Crippen molar-refractivity contribution in [2.45, 2.75) is 12.8 Å². The number of H-pyrrole nitrogens is 2. The molecule has 0 saturated carbocycles. The zero-order valence-electron chi connectivity index (χ0n) is 14.2. The van der Waals surface area contributed by atoms with E-state index in [2.05, 4.69) is 29.8 Å². The molecule has 4 aromatic rings. The molecule has 5 rings (SSSR count). The molecule has 0 atom stereocenters. The van der Waals surface area contributed by atoms with Crippen LogP contribution < -0.4 is 4.90 Å². The van der Waals surface area contributed by atoms with Crippen LogP contribution in [0.2, 0.25) is 0 Å². The Morgan fingerprint density at radius 1 is 1.08 bits per heavy atom. The summed E-state index contributed by atoms with van der Waals surface area (Å²) in [5.41, 5.74) is 5.22. The highest BCUT2D eigenvalue weighted by Crippen LogP contribution is 2.29. The Morgan fingerprint density at radius 3 is 2.77 bits per heavy atom. The topological polar surface area (TPSA) is 107 Å². The number of benzene rings is 1. The molecule has 8 nitrogen and oxygen atoms in total.